The van der Waals surface area contributed by atoms with Gasteiger partial charge in [0.15, 0.2) is 0 Å². The van der Waals surface area contributed by atoms with Gasteiger partial charge in [-0.3, -0.25) is 4.79 Å². The van der Waals surface area contributed by atoms with Crippen LogP contribution in [0.1, 0.15) is 42.1 Å². The summed E-state index contributed by atoms with van der Waals surface area (Å²) in [6.45, 7) is 4.93. The number of aromatic nitrogens is 1. The first-order valence-corrected chi connectivity index (χ1v) is 8.78. The molecule has 0 atom stereocenters. The Morgan fingerprint density at radius 3 is 2.72 bits per heavy atom. The van der Waals surface area contributed by atoms with Crippen LogP contribution in [0.2, 0.25) is 5.02 Å². The number of ether oxygens (including phenoxy) is 1. The van der Waals surface area contributed by atoms with Crippen molar-refractivity contribution < 1.29 is 9.53 Å². The average Bonchev–Trinajstić information content (AvgIpc) is 2.62. The Labute approximate surface area is 153 Å². The summed E-state index contributed by atoms with van der Waals surface area (Å²) in [5, 5.41) is 6.68. The van der Waals surface area contributed by atoms with Crippen LogP contribution in [0.3, 0.4) is 0 Å². The quantitative estimate of drug-likeness (QED) is 0.656. The lowest BCUT2D eigenvalue weighted by atomic mass is 10.2. The molecular formula is C19H24ClN3O2. The lowest BCUT2D eigenvalue weighted by Crippen LogP contribution is -2.13. The summed E-state index contributed by atoms with van der Waals surface area (Å²) in [4.78, 5) is 16.7. The number of aryl methyl sites for hydroxylation is 1. The molecule has 134 valence electrons. The molecule has 0 aliphatic carbocycles. The summed E-state index contributed by atoms with van der Waals surface area (Å²) in [7, 11) is 1.54. The van der Waals surface area contributed by atoms with Gasteiger partial charge < -0.3 is 15.4 Å². The van der Waals surface area contributed by atoms with Crippen LogP contribution < -0.4 is 15.4 Å². The van der Waals surface area contributed by atoms with Crippen LogP contribution in [0.4, 0.5) is 11.5 Å². The van der Waals surface area contributed by atoms with Crippen LogP contribution in [0.5, 0.6) is 5.75 Å². The first kappa shape index (κ1) is 19.1. The highest BCUT2D eigenvalue weighted by Crippen LogP contribution is 2.31. The van der Waals surface area contributed by atoms with E-state index in [1.807, 2.05) is 13.0 Å². The molecule has 0 spiro atoms. The molecule has 0 radical (unpaired) electrons. The van der Waals surface area contributed by atoms with E-state index in [0.717, 1.165) is 24.3 Å². The fraction of sp³-hybridized carbons (Fsp3) is 0.368. The summed E-state index contributed by atoms with van der Waals surface area (Å²) in [5.74, 6) is 1.05. The zero-order chi connectivity index (χ0) is 18.2. The molecule has 0 fully saturated rings. The van der Waals surface area contributed by atoms with Crippen molar-refractivity contribution in [1.29, 1.82) is 0 Å². The van der Waals surface area contributed by atoms with Crippen LogP contribution in [-0.4, -0.2) is 24.5 Å². The largest absolute Gasteiger partial charge is 0.495 e. The van der Waals surface area contributed by atoms with Crippen LogP contribution in [-0.2, 0) is 0 Å². The number of unbranched alkanes of at least 4 members (excludes halogenated alkanes) is 2. The van der Waals surface area contributed by atoms with Crippen LogP contribution in [0, 0.1) is 6.92 Å². The van der Waals surface area contributed by atoms with Crippen molar-refractivity contribution in [1.82, 2.24) is 4.98 Å². The minimum atomic E-state index is -0.245. The van der Waals surface area contributed by atoms with Gasteiger partial charge in [-0.1, -0.05) is 31.4 Å². The standard InChI is InChI=1S/C19H24ClN3O2/c1-4-5-6-9-21-18-8-7-14(12-22-18)19(24)23-16-10-13(2)15(20)11-17(16)25-3/h7-8,10-12H,4-6,9H2,1-3H3,(H,21,22)(H,23,24). The third-order valence-corrected chi connectivity index (χ3v) is 4.25. The van der Waals surface area contributed by atoms with E-state index in [0.29, 0.717) is 22.0 Å². The molecule has 1 aromatic heterocycles. The van der Waals surface area contributed by atoms with Gasteiger partial charge >= 0.3 is 0 Å². The minimum absolute atomic E-state index is 0.245. The van der Waals surface area contributed by atoms with Gasteiger partial charge in [-0.2, -0.15) is 0 Å². The second kappa shape index (κ2) is 9.28. The number of halogens is 1. The van der Waals surface area contributed by atoms with E-state index in [4.69, 9.17) is 16.3 Å². The number of benzene rings is 1. The second-order valence-electron chi connectivity index (χ2n) is 5.82. The summed E-state index contributed by atoms with van der Waals surface area (Å²) in [6.07, 6.45) is 5.04. The van der Waals surface area contributed by atoms with E-state index < -0.39 is 0 Å². The topological polar surface area (TPSA) is 63.2 Å². The Kier molecular flexibility index (Phi) is 7.07. The van der Waals surface area contributed by atoms with E-state index in [1.165, 1.54) is 20.0 Å². The fourth-order valence-electron chi connectivity index (χ4n) is 2.35. The monoisotopic (exact) mass is 361 g/mol. The number of carbonyl (C=O) groups excluding carboxylic acids is 1. The lowest BCUT2D eigenvalue weighted by Gasteiger charge is -2.12. The predicted molar refractivity (Wildman–Crippen MR) is 103 cm³/mol. The zero-order valence-electron chi connectivity index (χ0n) is 14.9. The number of pyridine rings is 1. The Morgan fingerprint density at radius 1 is 1.28 bits per heavy atom. The van der Waals surface area contributed by atoms with Gasteiger partial charge in [-0.25, -0.2) is 4.98 Å². The molecule has 2 rings (SSSR count). The fourth-order valence-corrected chi connectivity index (χ4v) is 2.50. The van der Waals surface area contributed by atoms with Crippen molar-refractivity contribution in [2.45, 2.75) is 33.1 Å². The van der Waals surface area contributed by atoms with Gasteiger partial charge in [0, 0.05) is 23.8 Å². The van der Waals surface area contributed by atoms with Gasteiger partial charge in [0.2, 0.25) is 0 Å². The smallest absolute Gasteiger partial charge is 0.257 e. The molecule has 2 aromatic rings. The second-order valence-corrected chi connectivity index (χ2v) is 6.23. The third-order valence-electron chi connectivity index (χ3n) is 3.84. The first-order chi connectivity index (χ1) is 12.0. The first-order valence-electron chi connectivity index (χ1n) is 8.40. The van der Waals surface area contributed by atoms with Gasteiger partial charge in [0.05, 0.1) is 18.4 Å². The number of anilines is 2. The maximum atomic E-state index is 12.4. The molecule has 0 bridgehead atoms. The third kappa shape index (κ3) is 5.36. The highest BCUT2D eigenvalue weighted by atomic mass is 35.5. The molecule has 0 aliphatic heterocycles. The number of carbonyl (C=O) groups is 1. The Morgan fingerprint density at radius 2 is 2.08 bits per heavy atom. The van der Waals surface area contributed by atoms with E-state index in [9.17, 15) is 4.79 Å². The number of rotatable bonds is 8. The molecular weight excluding hydrogens is 338 g/mol. The van der Waals surface area contributed by atoms with E-state index in [1.54, 1.807) is 24.4 Å². The predicted octanol–water partition coefficient (Wildman–Crippen LogP) is 4.91. The number of nitrogens with one attached hydrogen (secondary N) is 2. The lowest BCUT2D eigenvalue weighted by molar-refractivity contribution is 0.102. The number of methoxy groups -OCH3 is 1. The molecule has 6 heteroatoms. The van der Waals surface area contributed by atoms with Crippen molar-refractivity contribution in [3.8, 4) is 5.75 Å². The molecule has 0 unspecified atom stereocenters. The molecule has 1 aromatic carbocycles. The minimum Gasteiger partial charge on any atom is -0.495 e. The van der Waals surface area contributed by atoms with Crippen molar-refractivity contribution in [3.63, 3.8) is 0 Å². The highest BCUT2D eigenvalue weighted by molar-refractivity contribution is 6.31. The molecule has 1 heterocycles. The average molecular weight is 362 g/mol. The number of amides is 1. The van der Waals surface area contributed by atoms with Crippen molar-refractivity contribution in [2.24, 2.45) is 0 Å². The van der Waals surface area contributed by atoms with Gasteiger partial charge in [0.1, 0.15) is 11.6 Å². The normalized spacial score (nSPS) is 10.4. The Balaban J connectivity index is 2.02. The molecule has 1 amide bonds. The molecule has 2 N–H and O–H groups in total. The molecule has 0 aliphatic rings. The molecule has 0 saturated carbocycles. The van der Waals surface area contributed by atoms with Crippen molar-refractivity contribution in [2.75, 3.05) is 24.3 Å². The molecule has 0 saturated heterocycles. The van der Waals surface area contributed by atoms with E-state index in [-0.39, 0.29) is 5.91 Å². The van der Waals surface area contributed by atoms with Crippen LogP contribution in [0.25, 0.3) is 0 Å². The van der Waals surface area contributed by atoms with Gasteiger partial charge in [-0.15, -0.1) is 0 Å². The maximum Gasteiger partial charge on any atom is 0.257 e. The summed E-state index contributed by atoms with van der Waals surface area (Å²) in [6, 6.07) is 7.04. The van der Waals surface area contributed by atoms with E-state index >= 15 is 0 Å². The van der Waals surface area contributed by atoms with Crippen LogP contribution in [0.15, 0.2) is 30.5 Å². The Bertz CT molecular complexity index is 717. The van der Waals surface area contributed by atoms with Crippen molar-refractivity contribution >= 4 is 29.0 Å². The SMILES string of the molecule is CCCCCNc1ccc(C(=O)Nc2cc(C)c(Cl)cc2OC)cn1. The summed E-state index contributed by atoms with van der Waals surface area (Å²) >= 11 is 6.09. The molecule has 25 heavy (non-hydrogen) atoms. The highest BCUT2D eigenvalue weighted by Gasteiger charge is 2.12. The summed E-state index contributed by atoms with van der Waals surface area (Å²) < 4.78 is 5.28. The zero-order valence-corrected chi connectivity index (χ0v) is 15.6. The molecule has 5 nitrogen and oxygen atoms in total. The van der Waals surface area contributed by atoms with E-state index in [2.05, 4.69) is 22.5 Å². The Hall–Kier alpha value is -2.27. The number of nitrogens with zero attached hydrogens (tertiary/aromatic N) is 1. The summed E-state index contributed by atoms with van der Waals surface area (Å²) in [5.41, 5.74) is 1.92. The van der Waals surface area contributed by atoms with Gasteiger partial charge in [-0.05, 0) is 37.1 Å². The number of hydrogen-bond acceptors (Lipinski definition) is 4. The van der Waals surface area contributed by atoms with Crippen molar-refractivity contribution in [3.05, 3.63) is 46.6 Å². The van der Waals surface area contributed by atoms with Gasteiger partial charge in [0.25, 0.3) is 5.91 Å². The van der Waals surface area contributed by atoms with Crippen LogP contribution >= 0.6 is 11.6 Å². The number of hydrogen-bond donors (Lipinski definition) is 2. The maximum absolute atomic E-state index is 12.4.